The van der Waals surface area contributed by atoms with E-state index in [9.17, 15) is 14.5 Å². The molecule has 1 fully saturated rings. The van der Waals surface area contributed by atoms with E-state index in [4.69, 9.17) is 5.73 Å². The summed E-state index contributed by atoms with van der Waals surface area (Å²) in [6, 6.07) is 2.82. The van der Waals surface area contributed by atoms with Crippen molar-refractivity contribution in [2.24, 2.45) is 5.73 Å². The predicted octanol–water partition coefficient (Wildman–Crippen LogP) is 2.75. The summed E-state index contributed by atoms with van der Waals surface area (Å²) in [6.45, 7) is 4.09. The molecule has 2 rings (SSSR count). The van der Waals surface area contributed by atoms with Crippen LogP contribution in [0.3, 0.4) is 0 Å². The lowest BCUT2D eigenvalue weighted by Gasteiger charge is -2.41. The molecule has 0 saturated carbocycles. The quantitative estimate of drug-likeness (QED) is 0.683. The Bertz CT molecular complexity index is 521. The SMILES string of the molecule is Cc1cc(N2C(C)CCCC2CN)c([N+](=O)[O-])cc1F. The van der Waals surface area contributed by atoms with Crippen LogP contribution in [0.15, 0.2) is 12.1 Å². The van der Waals surface area contributed by atoms with E-state index in [0.717, 1.165) is 25.3 Å². The summed E-state index contributed by atoms with van der Waals surface area (Å²) in [5, 5.41) is 11.2. The Morgan fingerprint density at radius 1 is 1.50 bits per heavy atom. The number of hydrogen-bond acceptors (Lipinski definition) is 4. The normalized spacial score (nSPS) is 22.9. The van der Waals surface area contributed by atoms with Crippen LogP contribution in [0.4, 0.5) is 15.8 Å². The third-order valence-electron chi connectivity index (χ3n) is 4.03. The van der Waals surface area contributed by atoms with Crippen molar-refractivity contribution in [1.82, 2.24) is 0 Å². The van der Waals surface area contributed by atoms with Gasteiger partial charge >= 0.3 is 0 Å². The molecule has 5 nitrogen and oxygen atoms in total. The van der Waals surface area contributed by atoms with Gasteiger partial charge in [0.1, 0.15) is 11.5 Å². The monoisotopic (exact) mass is 281 g/mol. The second-order valence-corrected chi connectivity index (χ2v) is 5.42. The summed E-state index contributed by atoms with van der Waals surface area (Å²) in [5.41, 5.74) is 6.52. The van der Waals surface area contributed by atoms with E-state index in [-0.39, 0.29) is 17.8 Å². The van der Waals surface area contributed by atoms with Gasteiger partial charge in [0.2, 0.25) is 0 Å². The first-order valence-electron chi connectivity index (χ1n) is 6.88. The van der Waals surface area contributed by atoms with Gasteiger partial charge in [0.25, 0.3) is 5.69 Å². The lowest BCUT2D eigenvalue weighted by molar-refractivity contribution is -0.384. The largest absolute Gasteiger partial charge is 0.359 e. The maximum absolute atomic E-state index is 13.6. The Kier molecular flexibility index (Phi) is 4.23. The van der Waals surface area contributed by atoms with Crippen molar-refractivity contribution in [3.05, 3.63) is 33.6 Å². The smallest absolute Gasteiger partial charge is 0.295 e. The summed E-state index contributed by atoms with van der Waals surface area (Å²) in [4.78, 5) is 12.7. The molecule has 20 heavy (non-hydrogen) atoms. The van der Waals surface area contributed by atoms with Crippen molar-refractivity contribution in [1.29, 1.82) is 0 Å². The van der Waals surface area contributed by atoms with E-state index in [2.05, 4.69) is 0 Å². The molecular weight excluding hydrogens is 261 g/mol. The Morgan fingerprint density at radius 2 is 2.20 bits per heavy atom. The Hall–Kier alpha value is -1.69. The second kappa shape index (κ2) is 5.75. The zero-order chi connectivity index (χ0) is 14.9. The molecule has 0 spiro atoms. The predicted molar refractivity (Wildman–Crippen MR) is 76.4 cm³/mol. The van der Waals surface area contributed by atoms with Gasteiger partial charge in [-0.3, -0.25) is 10.1 Å². The number of rotatable bonds is 3. The van der Waals surface area contributed by atoms with Crippen molar-refractivity contribution < 1.29 is 9.31 Å². The molecule has 2 N–H and O–H groups in total. The third kappa shape index (κ3) is 2.60. The van der Waals surface area contributed by atoms with Gasteiger partial charge in [-0.1, -0.05) is 0 Å². The van der Waals surface area contributed by atoms with Gasteiger partial charge in [0, 0.05) is 18.6 Å². The molecule has 1 aromatic rings. The van der Waals surface area contributed by atoms with Gasteiger partial charge in [0.15, 0.2) is 0 Å². The zero-order valence-electron chi connectivity index (χ0n) is 11.8. The van der Waals surface area contributed by atoms with E-state index in [1.54, 1.807) is 13.0 Å². The first-order valence-corrected chi connectivity index (χ1v) is 6.88. The highest BCUT2D eigenvalue weighted by molar-refractivity contribution is 5.66. The van der Waals surface area contributed by atoms with E-state index < -0.39 is 10.7 Å². The van der Waals surface area contributed by atoms with E-state index in [0.29, 0.717) is 17.8 Å². The molecule has 1 aromatic carbocycles. The highest BCUT2D eigenvalue weighted by atomic mass is 19.1. The minimum Gasteiger partial charge on any atom is -0.359 e. The summed E-state index contributed by atoms with van der Waals surface area (Å²) in [6.07, 6.45) is 2.94. The highest BCUT2D eigenvalue weighted by Crippen LogP contribution is 2.37. The molecule has 1 aliphatic rings. The van der Waals surface area contributed by atoms with Crippen molar-refractivity contribution in [2.75, 3.05) is 11.4 Å². The first-order chi connectivity index (χ1) is 9.45. The van der Waals surface area contributed by atoms with Crippen LogP contribution in [-0.4, -0.2) is 23.6 Å². The van der Waals surface area contributed by atoms with E-state index in [1.807, 2.05) is 11.8 Å². The molecule has 1 heterocycles. The van der Waals surface area contributed by atoms with Crippen molar-refractivity contribution in [2.45, 2.75) is 45.2 Å². The average molecular weight is 281 g/mol. The number of nitrogens with two attached hydrogens (primary N) is 1. The Morgan fingerprint density at radius 3 is 2.80 bits per heavy atom. The Labute approximate surface area is 117 Å². The van der Waals surface area contributed by atoms with Crippen LogP contribution in [0.1, 0.15) is 31.7 Å². The van der Waals surface area contributed by atoms with Crippen LogP contribution < -0.4 is 10.6 Å². The maximum atomic E-state index is 13.6. The molecule has 1 aliphatic heterocycles. The third-order valence-corrected chi connectivity index (χ3v) is 4.03. The number of halogens is 1. The number of anilines is 1. The molecule has 0 aliphatic carbocycles. The zero-order valence-corrected chi connectivity index (χ0v) is 11.8. The molecular formula is C14H20FN3O2. The maximum Gasteiger partial charge on any atom is 0.295 e. The van der Waals surface area contributed by atoms with Crippen LogP contribution in [0.25, 0.3) is 0 Å². The molecule has 2 atom stereocenters. The summed E-state index contributed by atoms with van der Waals surface area (Å²) in [7, 11) is 0. The fourth-order valence-corrected chi connectivity index (χ4v) is 2.96. The Balaban J connectivity index is 2.53. The van der Waals surface area contributed by atoms with E-state index >= 15 is 0 Å². The lowest BCUT2D eigenvalue weighted by atomic mass is 9.95. The van der Waals surface area contributed by atoms with Gasteiger partial charge in [0.05, 0.1) is 11.0 Å². The minimum absolute atomic E-state index is 0.0716. The van der Waals surface area contributed by atoms with Crippen molar-refractivity contribution in [3.8, 4) is 0 Å². The van der Waals surface area contributed by atoms with Gasteiger partial charge < -0.3 is 10.6 Å². The molecule has 0 aromatic heterocycles. The number of nitrogens with zero attached hydrogens (tertiary/aromatic N) is 2. The first kappa shape index (κ1) is 14.7. The number of piperidine rings is 1. The van der Waals surface area contributed by atoms with Gasteiger partial charge in [-0.25, -0.2) is 4.39 Å². The fourth-order valence-electron chi connectivity index (χ4n) is 2.96. The number of hydrogen-bond donors (Lipinski definition) is 1. The number of benzene rings is 1. The van der Waals surface area contributed by atoms with Gasteiger partial charge in [-0.2, -0.15) is 0 Å². The van der Waals surface area contributed by atoms with Crippen molar-refractivity contribution in [3.63, 3.8) is 0 Å². The highest BCUT2D eigenvalue weighted by Gasteiger charge is 2.32. The summed E-state index contributed by atoms with van der Waals surface area (Å²) < 4.78 is 13.6. The lowest BCUT2D eigenvalue weighted by Crippen LogP contribution is -2.49. The van der Waals surface area contributed by atoms with Crippen LogP contribution in [-0.2, 0) is 0 Å². The van der Waals surface area contributed by atoms with Gasteiger partial charge in [-0.15, -0.1) is 0 Å². The van der Waals surface area contributed by atoms with Crippen LogP contribution >= 0.6 is 0 Å². The standard InChI is InChI=1S/C14H20FN3O2/c1-9-6-13(14(18(19)20)7-12(9)15)17-10(2)4-3-5-11(17)8-16/h6-7,10-11H,3-5,8,16H2,1-2H3. The molecule has 0 radical (unpaired) electrons. The van der Waals surface area contributed by atoms with E-state index in [1.165, 1.54) is 0 Å². The second-order valence-electron chi connectivity index (χ2n) is 5.42. The number of nitro benzene ring substituents is 1. The average Bonchev–Trinajstić information content (AvgIpc) is 2.41. The van der Waals surface area contributed by atoms with Crippen LogP contribution in [0.2, 0.25) is 0 Å². The minimum atomic E-state index is -0.547. The molecule has 110 valence electrons. The number of nitro groups is 1. The van der Waals surface area contributed by atoms with Crippen LogP contribution in [0.5, 0.6) is 0 Å². The summed E-state index contributed by atoms with van der Waals surface area (Å²) in [5.74, 6) is -0.547. The molecule has 6 heteroatoms. The summed E-state index contributed by atoms with van der Waals surface area (Å²) >= 11 is 0. The topological polar surface area (TPSA) is 72.4 Å². The molecule has 0 bridgehead atoms. The molecule has 1 saturated heterocycles. The van der Waals surface area contributed by atoms with Crippen molar-refractivity contribution >= 4 is 11.4 Å². The molecule has 0 amide bonds. The van der Waals surface area contributed by atoms with Crippen LogP contribution in [0, 0.1) is 22.9 Å². The number of aryl methyl sites for hydroxylation is 1. The molecule has 2 unspecified atom stereocenters. The van der Waals surface area contributed by atoms with Gasteiger partial charge in [-0.05, 0) is 44.7 Å². The fraction of sp³-hybridized carbons (Fsp3) is 0.571.